The maximum absolute atomic E-state index is 12.2. The zero-order valence-electron chi connectivity index (χ0n) is 14.0. The Bertz CT molecular complexity index is 374. The van der Waals surface area contributed by atoms with E-state index >= 15 is 0 Å². The van der Waals surface area contributed by atoms with Gasteiger partial charge in [-0.1, -0.05) is 34.6 Å². The molecule has 0 spiro atoms. The molecule has 1 aliphatic heterocycles. The number of nitrogens with zero attached hydrogens (tertiary/aromatic N) is 1. The molecule has 21 heavy (non-hydrogen) atoms. The smallest absolute Gasteiger partial charge is 0.317 e. The summed E-state index contributed by atoms with van der Waals surface area (Å²) >= 11 is 0. The third-order valence-electron chi connectivity index (χ3n) is 4.97. The number of hydrogen-bond acceptors (Lipinski definition) is 2. The van der Waals surface area contributed by atoms with Gasteiger partial charge in [-0.15, -0.1) is 0 Å². The number of amides is 2. The highest BCUT2D eigenvalue weighted by molar-refractivity contribution is 5.79. The Hall–Kier alpha value is -1.26. The van der Waals surface area contributed by atoms with Crippen LogP contribution in [-0.2, 0) is 4.79 Å². The van der Waals surface area contributed by atoms with E-state index in [9.17, 15) is 14.7 Å². The molecule has 2 N–H and O–H groups in total. The number of nitrogens with one attached hydrogen (secondary N) is 1. The quantitative estimate of drug-likeness (QED) is 0.792. The summed E-state index contributed by atoms with van der Waals surface area (Å²) in [6, 6.07) is -0.127. The predicted molar refractivity (Wildman–Crippen MR) is 83.1 cm³/mol. The molecule has 1 aliphatic rings. The van der Waals surface area contributed by atoms with Crippen LogP contribution in [0.1, 0.15) is 47.5 Å². The summed E-state index contributed by atoms with van der Waals surface area (Å²) in [6.45, 7) is 12.0. The van der Waals surface area contributed by atoms with Crippen LogP contribution in [0.4, 0.5) is 4.79 Å². The first-order valence-corrected chi connectivity index (χ1v) is 7.99. The molecule has 0 aromatic rings. The van der Waals surface area contributed by atoms with E-state index in [0.717, 1.165) is 0 Å². The molecule has 1 atom stereocenters. The van der Waals surface area contributed by atoms with Crippen LogP contribution in [0.15, 0.2) is 0 Å². The zero-order chi connectivity index (χ0) is 16.2. The number of carbonyl (C=O) groups excluding carboxylic acids is 1. The molecule has 1 fully saturated rings. The van der Waals surface area contributed by atoms with Crippen molar-refractivity contribution in [2.75, 3.05) is 19.6 Å². The first-order valence-electron chi connectivity index (χ1n) is 7.99. The highest BCUT2D eigenvalue weighted by atomic mass is 16.4. The van der Waals surface area contributed by atoms with Gasteiger partial charge < -0.3 is 15.3 Å². The first kappa shape index (κ1) is 17.8. The fourth-order valence-corrected chi connectivity index (χ4v) is 3.22. The molecule has 0 bridgehead atoms. The Morgan fingerprint density at radius 1 is 1.24 bits per heavy atom. The van der Waals surface area contributed by atoms with Crippen molar-refractivity contribution in [3.05, 3.63) is 0 Å². The summed E-state index contributed by atoms with van der Waals surface area (Å²) in [5.41, 5.74) is -0.757. The van der Waals surface area contributed by atoms with E-state index in [1.165, 1.54) is 0 Å². The van der Waals surface area contributed by atoms with Crippen LogP contribution in [0, 0.1) is 23.2 Å². The van der Waals surface area contributed by atoms with Crippen LogP contribution in [0.2, 0.25) is 0 Å². The minimum Gasteiger partial charge on any atom is -0.481 e. The molecule has 122 valence electrons. The predicted octanol–water partition coefficient (Wildman–Crippen LogP) is 2.81. The fourth-order valence-electron chi connectivity index (χ4n) is 3.22. The van der Waals surface area contributed by atoms with E-state index in [1.54, 1.807) is 4.90 Å². The number of likely N-dealkylation sites (tertiary alicyclic amines) is 1. The van der Waals surface area contributed by atoms with Gasteiger partial charge in [0.05, 0.1) is 5.41 Å². The average Bonchev–Trinajstić information content (AvgIpc) is 2.83. The molecule has 0 aliphatic carbocycles. The van der Waals surface area contributed by atoms with Gasteiger partial charge in [-0.2, -0.15) is 0 Å². The lowest BCUT2D eigenvalue weighted by atomic mass is 9.84. The van der Waals surface area contributed by atoms with Crippen LogP contribution in [0.25, 0.3) is 0 Å². The fraction of sp³-hybridized carbons (Fsp3) is 0.875. The van der Waals surface area contributed by atoms with Crippen molar-refractivity contribution in [3.63, 3.8) is 0 Å². The van der Waals surface area contributed by atoms with Crippen LogP contribution in [0.5, 0.6) is 0 Å². The lowest BCUT2D eigenvalue weighted by Gasteiger charge is -2.27. The van der Waals surface area contributed by atoms with Gasteiger partial charge in [0.15, 0.2) is 0 Å². The van der Waals surface area contributed by atoms with E-state index in [2.05, 4.69) is 33.0 Å². The molecule has 1 heterocycles. The standard InChI is InChI=1S/C16H30N2O3/c1-6-16(14(19)20)7-8-18(10-16)15(21)17-9-13(11(2)3)12(4)5/h11-13H,6-10H2,1-5H3,(H,17,21)(H,19,20). The summed E-state index contributed by atoms with van der Waals surface area (Å²) in [5, 5.41) is 12.4. The molecule has 1 saturated heterocycles. The first-order chi connectivity index (χ1) is 9.73. The monoisotopic (exact) mass is 298 g/mol. The highest BCUT2D eigenvalue weighted by Gasteiger charge is 2.44. The molecule has 1 rings (SSSR count). The van der Waals surface area contributed by atoms with Gasteiger partial charge in [0.2, 0.25) is 0 Å². The molecule has 0 radical (unpaired) electrons. The maximum atomic E-state index is 12.2. The Balaban J connectivity index is 2.56. The highest BCUT2D eigenvalue weighted by Crippen LogP contribution is 2.34. The molecule has 0 aromatic heterocycles. The molecule has 5 nitrogen and oxygen atoms in total. The zero-order valence-corrected chi connectivity index (χ0v) is 14.0. The third-order valence-corrected chi connectivity index (χ3v) is 4.97. The summed E-state index contributed by atoms with van der Waals surface area (Å²) < 4.78 is 0. The minimum atomic E-state index is -0.789. The summed E-state index contributed by atoms with van der Waals surface area (Å²) in [4.78, 5) is 25.3. The van der Waals surface area contributed by atoms with Gasteiger partial charge in [0.25, 0.3) is 0 Å². The Kier molecular flexibility index (Phi) is 6.05. The molecular formula is C16H30N2O3. The largest absolute Gasteiger partial charge is 0.481 e. The Labute approximate surface area is 128 Å². The van der Waals surface area contributed by atoms with Crippen molar-refractivity contribution in [1.29, 1.82) is 0 Å². The van der Waals surface area contributed by atoms with Crippen molar-refractivity contribution in [1.82, 2.24) is 10.2 Å². The molecule has 1 unspecified atom stereocenters. The van der Waals surface area contributed by atoms with Crippen molar-refractivity contribution in [3.8, 4) is 0 Å². The number of urea groups is 1. The molecule has 0 saturated carbocycles. The van der Waals surface area contributed by atoms with E-state index in [4.69, 9.17) is 0 Å². The van der Waals surface area contributed by atoms with Crippen LogP contribution < -0.4 is 5.32 Å². The second-order valence-corrected chi connectivity index (χ2v) is 6.95. The second kappa shape index (κ2) is 7.14. The summed E-state index contributed by atoms with van der Waals surface area (Å²) in [5.74, 6) is 0.671. The van der Waals surface area contributed by atoms with Crippen LogP contribution in [0.3, 0.4) is 0 Å². The SMILES string of the molecule is CCC1(C(=O)O)CCN(C(=O)NCC(C(C)C)C(C)C)C1. The van der Waals surface area contributed by atoms with Gasteiger partial charge in [-0.25, -0.2) is 4.79 Å². The van der Waals surface area contributed by atoms with Crippen LogP contribution in [-0.4, -0.2) is 41.6 Å². The van der Waals surface area contributed by atoms with E-state index in [-0.39, 0.29) is 6.03 Å². The van der Waals surface area contributed by atoms with Crippen molar-refractivity contribution >= 4 is 12.0 Å². The number of carbonyl (C=O) groups is 2. The van der Waals surface area contributed by atoms with Gasteiger partial charge >= 0.3 is 12.0 Å². The summed E-state index contributed by atoms with van der Waals surface area (Å²) in [7, 11) is 0. The van der Waals surface area contributed by atoms with Gasteiger partial charge in [-0.3, -0.25) is 4.79 Å². The topological polar surface area (TPSA) is 69.6 Å². The lowest BCUT2D eigenvalue weighted by Crippen LogP contribution is -2.44. The van der Waals surface area contributed by atoms with Crippen molar-refractivity contribution in [2.45, 2.75) is 47.5 Å². The van der Waals surface area contributed by atoms with E-state index in [1.807, 2.05) is 6.92 Å². The number of carboxylic acid groups (broad SMARTS) is 1. The number of hydrogen-bond donors (Lipinski definition) is 2. The second-order valence-electron chi connectivity index (χ2n) is 6.95. The lowest BCUT2D eigenvalue weighted by molar-refractivity contribution is -0.148. The maximum Gasteiger partial charge on any atom is 0.317 e. The van der Waals surface area contributed by atoms with Gasteiger partial charge in [0.1, 0.15) is 0 Å². The molecule has 5 heteroatoms. The van der Waals surface area contributed by atoms with Crippen molar-refractivity contribution in [2.24, 2.45) is 23.2 Å². The number of aliphatic carboxylic acids is 1. The van der Waals surface area contributed by atoms with Gasteiger partial charge in [0, 0.05) is 19.6 Å². The van der Waals surface area contributed by atoms with Crippen LogP contribution >= 0.6 is 0 Å². The third kappa shape index (κ3) is 4.11. The van der Waals surface area contributed by atoms with E-state index in [0.29, 0.717) is 50.2 Å². The Morgan fingerprint density at radius 3 is 2.19 bits per heavy atom. The Morgan fingerprint density at radius 2 is 1.81 bits per heavy atom. The number of rotatable bonds is 6. The molecule has 2 amide bonds. The van der Waals surface area contributed by atoms with Crippen molar-refractivity contribution < 1.29 is 14.7 Å². The normalized spacial score (nSPS) is 22.4. The number of carboxylic acids is 1. The average molecular weight is 298 g/mol. The van der Waals surface area contributed by atoms with E-state index < -0.39 is 11.4 Å². The van der Waals surface area contributed by atoms with Gasteiger partial charge in [-0.05, 0) is 30.6 Å². The minimum absolute atomic E-state index is 0.127. The summed E-state index contributed by atoms with van der Waals surface area (Å²) in [6.07, 6.45) is 1.11. The molecule has 0 aromatic carbocycles. The molecular weight excluding hydrogens is 268 g/mol.